The molecule has 0 bridgehead atoms. The molecule has 0 saturated heterocycles. The third-order valence-corrected chi connectivity index (χ3v) is 2.77. The fraction of sp³-hybridized carbons (Fsp3) is 0.286. The number of hydrogen-bond donors (Lipinski definition) is 2. The van der Waals surface area contributed by atoms with Crippen molar-refractivity contribution < 1.29 is 0 Å². The van der Waals surface area contributed by atoms with Crippen molar-refractivity contribution in [1.82, 2.24) is 4.98 Å². The van der Waals surface area contributed by atoms with E-state index in [0.717, 1.165) is 30.3 Å². The summed E-state index contributed by atoms with van der Waals surface area (Å²) in [5.74, 6) is 0.660. The Bertz CT molecular complexity index is 572. The lowest BCUT2D eigenvalue weighted by molar-refractivity contribution is 0.772. The van der Waals surface area contributed by atoms with Crippen LogP contribution in [0, 0.1) is 11.3 Å². The highest BCUT2D eigenvalue weighted by Gasteiger charge is 2.05. The molecule has 1 heterocycles. The van der Waals surface area contributed by atoms with Crippen molar-refractivity contribution in [3.63, 3.8) is 0 Å². The smallest absolute Gasteiger partial charge is 0.144 e. The molecule has 3 N–H and O–H groups in total. The summed E-state index contributed by atoms with van der Waals surface area (Å²) in [6.07, 6.45) is 1.96. The van der Waals surface area contributed by atoms with Gasteiger partial charge in [0.1, 0.15) is 11.9 Å². The fourth-order valence-corrected chi connectivity index (χ4v) is 1.81. The van der Waals surface area contributed by atoms with Gasteiger partial charge in [-0.2, -0.15) is 5.26 Å². The third-order valence-electron chi connectivity index (χ3n) is 2.77. The standard InChI is InChI=1S/C14H16N4/c15-7-3-4-8-17-14-12(10-16)9-11-5-1-2-6-13(11)18-14/h1-2,5-6,9H,3-4,7-8,15H2,(H,17,18). The maximum absolute atomic E-state index is 9.13. The summed E-state index contributed by atoms with van der Waals surface area (Å²) < 4.78 is 0. The van der Waals surface area contributed by atoms with Gasteiger partial charge in [-0.05, 0) is 31.5 Å². The number of aromatic nitrogens is 1. The predicted molar refractivity (Wildman–Crippen MR) is 73.2 cm³/mol. The summed E-state index contributed by atoms with van der Waals surface area (Å²) in [6.45, 7) is 1.48. The number of rotatable bonds is 5. The molecule has 0 spiro atoms. The number of para-hydroxylation sites is 1. The lowest BCUT2D eigenvalue weighted by atomic mass is 10.1. The molecule has 0 saturated carbocycles. The van der Waals surface area contributed by atoms with Crippen molar-refractivity contribution in [3.05, 3.63) is 35.9 Å². The van der Waals surface area contributed by atoms with E-state index in [9.17, 15) is 0 Å². The van der Waals surface area contributed by atoms with E-state index in [2.05, 4.69) is 16.4 Å². The number of benzene rings is 1. The highest BCUT2D eigenvalue weighted by molar-refractivity contribution is 5.82. The van der Waals surface area contributed by atoms with Crippen LogP contribution < -0.4 is 11.1 Å². The minimum absolute atomic E-state index is 0.585. The molecular weight excluding hydrogens is 224 g/mol. The Balaban J connectivity index is 2.23. The molecule has 4 nitrogen and oxygen atoms in total. The average Bonchev–Trinajstić information content (AvgIpc) is 2.42. The summed E-state index contributed by atoms with van der Waals surface area (Å²) in [6, 6.07) is 11.8. The first kappa shape index (κ1) is 12.3. The SMILES string of the molecule is N#Cc1cc2ccccc2nc1NCCCCN. The van der Waals surface area contributed by atoms with E-state index in [1.807, 2.05) is 30.3 Å². The van der Waals surface area contributed by atoms with Gasteiger partial charge in [-0.1, -0.05) is 18.2 Å². The van der Waals surface area contributed by atoms with E-state index in [4.69, 9.17) is 11.0 Å². The summed E-state index contributed by atoms with van der Waals surface area (Å²) in [5.41, 5.74) is 6.93. The number of fused-ring (bicyclic) bond motifs is 1. The van der Waals surface area contributed by atoms with Gasteiger partial charge in [0.25, 0.3) is 0 Å². The van der Waals surface area contributed by atoms with Crippen LogP contribution in [0.3, 0.4) is 0 Å². The van der Waals surface area contributed by atoms with Crippen molar-refractivity contribution in [2.75, 3.05) is 18.4 Å². The Labute approximate surface area is 106 Å². The van der Waals surface area contributed by atoms with Crippen LogP contribution in [0.4, 0.5) is 5.82 Å². The minimum Gasteiger partial charge on any atom is -0.369 e. The number of anilines is 1. The van der Waals surface area contributed by atoms with E-state index in [1.165, 1.54) is 0 Å². The van der Waals surface area contributed by atoms with Gasteiger partial charge < -0.3 is 11.1 Å². The van der Waals surface area contributed by atoms with Crippen LogP contribution in [0.15, 0.2) is 30.3 Å². The van der Waals surface area contributed by atoms with E-state index in [0.29, 0.717) is 17.9 Å². The number of nitriles is 1. The zero-order valence-corrected chi connectivity index (χ0v) is 10.2. The zero-order valence-electron chi connectivity index (χ0n) is 10.2. The van der Waals surface area contributed by atoms with E-state index >= 15 is 0 Å². The Morgan fingerprint density at radius 1 is 1.28 bits per heavy atom. The lowest BCUT2D eigenvalue weighted by Gasteiger charge is -2.08. The monoisotopic (exact) mass is 240 g/mol. The van der Waals surface area contributed by atoms with Crippen LogP contribution in [0.5, 0.6) is 0 Å². The predicted octanol–water partition coefficient (Wildman–Crippen LogP) is 2.26. The first-order valence-corrected chi connectivity index (χ1v) is 6.09. The van der Waals surface area contributed by atoms with Crippen LogP contribution in [0.2, 0.25) is 0 Å². The normalized spacial score (nSPS) is 10.2. The van der Waals surface area contributed by atoms with Crippen LogP contribution >= 0.6 is 0 Å². The average molecular weight is 240 g/mol. The molecule has 4 heteroatoms. The molecule has 0 amide bonds. The van der Waals surface area contributed by atoms with Gasteiger partial charge in [-0.25, -0.2) is 4.98 Å². The van der Waals surface area contributed by atoms with Crippen LogP contribution in [-0.2, 0) is 0 Å². The van der Waals surface area contributed by atoms with Gasteiger partial charge in [0.05, 0.1) is 11.1 Å². The molecule has 18 heavy (non-hydrogen) atoms. The number of nitrogens with zero attached hydrogens (tertiary/aromatic N) is 2. The second kappa shape index (κ2) is 5.99. The van der Waals surface area contributed by atoms with Gasteiger partial charge in [0.2, 0.25) is 0 Å². The molecule has 1 aromatic carbocycles. The number of nitrogens with two attached hydrogens (primary N) is 1. The minimum atomic E-state index is 0.585. The Morgan fingerprint density at radius 2 is 2.11 bits per heavy atom. The molecule has 0 radical (unpaired) electrons. The molecule has 0 atom stereocenters. The first-order valence-electron chi connectivity index (χ1n) is 6.09. The summed E-state index contributed by atoms with van der Waals surface area (Å²) in [5, 5.41) is 13.3. The molecule has 0 aliphatic rings. The Kier molecular flexibility index (Phi) is 4.11. The van der Waals surface area contributed by atoms with Gasteiger partial charge in [0.15, 0.2) is 0 Å². The highest BCUT2D eigenvalue weighted by atomic mass is 15.0. The summed E-state index contributed by atoms with van der Waals surface area (Å²) >= 11 is 0. The number of unbranched alkanes of at least 4 members (excludes halogenated alkanes) is 1. The number of pyridine rings is 1. The van der Waals surface area contributed by atoms with Crippen molar-refractivity contribution >= 4 is 16.7 Å². The van der Waals surface area contributed by atoms with Gasteiger partial charge in [-0.15, -0.1) is 0 Å². The van der Waals surface area contributed by atoms with Crippen LogP contribution in [0.25, 0.3) is 10.9 Å². The molecule has 0 unspecified atom stereocenters. The van der Waals surface area contributed by atoms with Gasteiger partial charge in [0, 0.05) is 11.9 Å². The number of nitrogens with one attached hydrogen (secondary N) is 1. The van der Waals surface area contributed by atoms with E-state index < -0.39 is 0 Å². The maximum atomic E-state index is 9.13. The molecule has 0 aliphatic heterocycles. The summed E-state index contributed by atoms with van der Waals surface area (Å²) in [7, 11) is 0. The molecule has 1 aromatic heterocycles. The second-order valence-electron chi connectivity index (χ2n) is 4.11. The van der Waals surface area contributed by atoms with Crippen molar-refractivity contribution in [3.8, 4) is 6.07 Å². The zero-order chi connectivity index (χ0) is 12.8. The Hall–Kier alpha value is -2.12. The quantitative estimate of drug-likeness (QED) is 0.786. The van der Waals surface area contributed by atoms with Crippen molar-refractivity contribution in [2.24, 2.45) is 5.73 Å². The van der Waals surface area contributed by atoms with E-state index in [1.54, 1.807) is 0 Å². The molecule has 0 fully saturated rings. The molecule has 0 aliphatic carbocycles. The second-order valence-corrected chi connectivity index (χ2v) is 4.11. The van der Waals surface area contributed by atoms with Crippen molar-refractivity contribution in [2.45, 2.75) is 12.8 Å². The van der Waals surface area contributed by atoms with Gasteiger partial charge in [-0.3, -0.25) is 0 Å². The molecule has 2 rings (SSSR count). The lowest BCUT2D eigenvalue weighted by Crippen LogP contribution is -2.08. The maximum Gasteiger partial charge on any atom is 0.144 e. The van der Waals surface area contributed by atoms with Crippen LogP contribution in [0.1, 0.15) is 18.4 Å². The number of hydrogen-bond acceptors (Lipinski definition) is 4. The fourth-order valence-electron chi connectivity index (χ4n) is 1.81. The topological polar surface area (TPSA) is 74.7 Å². The largest absolute Gasteiger partial charge is 0.369 e. The summed E-state index contributed by atoms with van der Waals surface area (Å²) in [4.78, 5) is 4.48. The Morgan fingerprint density at radius 3 is 2.89 bits per heavy atom. The van der Waals surface area contributed by atoms with E-state index in [-0.39, 0.29) is 0 Å². The first-order chi connectivity index (χ1) is 8.85. The molecule has 92 valence electrons. The molecule has 2 aromatic rings. The third kappa shape index (κ3) is 2.76. The van der Waals surface area contributed by atoms with Crippen molar-refractivity contribution in [1.29, 1.82) is 5.26 Å². The van der Waals surface area contributed by atoms with Crippen LogP contribution in [-0.4, -0.2) is 18.1 Å². The molecular formula is C14H16N4. The van der Waals surface area contributed by atoms with Gasteiger partial charge >= 0.3 is 0 Å². The highest BCUT2D eigenvalue weighted by Crippen LogP contribution is 2.19.